The number of ether oxygens (including phenoxy) is 3. The molecule has 0 radical (unpaired) electrons. The molecule has 1 aromatic carbocycles. The minimum Gasteiger partial charge on any atom is -0.493 e. The summed E-state index contributed by atoms with van der Waals surface area (Å²) in [5.74, 6) is 1.99. The van der Waals surface area contributed by atoms with Crippen molar-refractivity contribution in [1.29, 1.82) is 0 Å². The molecule has 1 unspecified atom stereocenters. The average molecular weight is 253 g/mol. The van der Waals surface area contributed by atoms with Crippen molar-refractivity contribution in [2.75, 3.05) is 39.3 Å². The van der Waals surface area contributed by atoms with Crippen LogP contribution in [0.25, 0.3) is 0 Å². The Labute approximate surface area is 109 Å². The van der Waals surface area contributed by atoms with Crippen LogP contribution in [0.3, 0.4) is 0 Å². The molecule has 0 spiro atoms. The first-order valence-electron chi connectivity index (χ1n) is 6.24. The summed E-state index contributed by atoms with van der Waals surface area (Å²) in [7, 11) is 3.37. The van der Waals surface area contributed by atoms with Gasteiger partial charge in [-0.2, -0.15) is 0 Å². The Morgan fingerprint density at radius 2 is 2.00 bits per heavy atom. The van der Waals surface area contributed by atoms with Gasteiger partial charge in [0.25, 0.3) is 0 Å². The Balaban J connectivity index is 2.61. The predicted octanol–water partition coefficient (Wildman–Crippen LogP) is 2.79. The van der Waals surface area contributed by atoms with Gasteiger partial charge in [-0.3, -0.25) is 0 Å². The highest BCUT2D eigenvalue weighted by Gasteiger charge is 2.06. The molecule has 4 heteroatoms. The van der Waals surface area contributed by atoms with E-state index in [9.17, 15) is 0 Å². The Hall–Kier alpha value is -1.42. The topological polar surface area (TPSA) is 39.7 Å². The maximum absolute atomic E-state index is 5.47. The zero-order valence-electron chi connectivity index (χ0n) is 11.7. The molecule has 0 aliphatic rings. The maximum atomic E-state index is 5.47. The highest BCUT2D eigenvalue weighted by atomic mass is 16.5. The Morgan fingerprint density at radius 1 is 1.22 bits per heavy atom. The molecular weight excluding hydrogens is 230 g/mol. The molecule has 102 valence electrons. The normalized spacial score (nSPS) is 12.0. The van der Waals surface area contributed by atoms with E-state index in [-0.39, 0.29) is 0 Å². The van der Waals surface area contributed by atoms with E-state index in [2.05, 4.69) is 12.2 Å². The lowest BCUT2D eigenvalue weighted by Gasteiger charge is -2.15. The van der Waals surface area contributed by atoms with Gasteiger partial charge < -0.3 is 19.5 Å². The molecule has 0 fully saturated rings. The number of methoxy groups -OCH3 is 2. The third-order valence-corrected chi connectivity index (χ3v) is 2.57. The standard InChI is InChI=1S/C14H23NO3/c1-5-18-13-7-6-12(8-14(13)17-4)15-9-11(2)10-16-3/h6-8,11,15H,5,9-10H2,1-4H3. The molecule has 1 aromatic rings. The van der Waals surface area contributed by atoms with Gasteiger partial charge in [0.15, 0.2) is 11.5 Å². The molecular formula is C14H23NO3. The van der Waals surface area contributed by atoms with Crippen molar-refractivity contribution in [2.24, 2.45) is 5.92 Å². The van der Waals surface area contributed by atoms with Crippen molar-refractivity contribution in [3.63, 3.8) is 0 Å². The van der Waals surface area contributed by atoms with E-state index in [0.29, 0.717) is 12.5 Å². The number of hydrogen-bond acceptors (Lipinski definition) is 4. The SMILES string of the molecule is CCOc1ccc(NCC(C)COC)cc1OC. The van der Waals surface area contributed by atoms with Crippen LogP contribution >= 0.6 is 0 Å². The van der Waals surface area contributed by atoms with Crippen LogP contribution in [-0.2, 0) is 4.74 Å². The summed E-state index contributed by atoms with van der Waals surface area (Å²) >= 11 is 0. The number of rotatable bonds is 8. The average Bonchev–Trinajstić information content (AvgIpc) is 2.38. The van der Waals surface area contributed by atoms with Crippen molar-refractivity contribution in [1.82, 2.24) is 0 Å². The second-order valence-electron chi connectivity index (χ2n) is 4.24. The minimum absolute atomic E-state index is 0.465. The number of benzene rings is 1. The Morgan fingerprint density at radius 3 is 2.61 bits per heavy atom. The molecule has 1 atom stereocenters. The lowest BCUT2D eigenvalue weighted by molar-refractivity contribution is 0.164. The van der Waals surface area contributed by atoms with Crippen molar-refractivity contribution < 1.29 is 14.2 Å². The van der Waals surface area contributed by atoms with Gasteiger partial charge in [0.2, 0.25) is 0 Å². The van der Waals surface area contributed by atoms with Gasteiger partial charge in [0, 0.05) is 25.4 Å². The predicted molar refractivity (Wildman–Crippen MR) is 73.7 cm³/mol. The van der Waals surface area contributed by atoms with E-state index < -0.39 is 0 Å². The van der Waals surface area contributed by atoms with E-state index in [1.807, 2.05) is 25.1 Å². The molecule has 0 amide bonds. The summed E-state index contributed by atoms with van der Waals surface area (Å²) in [5, 5.41) is 3.36. The molecule has 0 aromatic heterocycles. The summed E-state index contributed by atoms with van der Waals surface area (Å²) in [4.78, 5) is 0. The maximum Gasteiger partial charge on any atom is 0.162 e. The molecule has 4 nitrogen and oxygen atoms in total. The number of nitrogens with one attached hydrogen (secondary N) is 1. The van der Waals surface area contributed by atoms with Crippen LogP contribution in [0.15, 0.2) is 18.2 Å². The summed E-state index contributed by atoms with van der Waals surface area (Å²) in [6, 6.07) is 5.86. The molecule has 0 aliphatic carbocycles. The van der Waals surface area contributed by atoms with Gasteiger partial charge in [-0.05, 0) is 25.0 Å². The number of hydrogen-bond donors (Lipinski definition) is 1. The molecule has 0 saturated heterocycles. The molecule has 0 heterocycles. The van der Waals surface area contributed by atoms with Crippen LogP contribution in [0.5, 0.6) is 11.5 Å². The van der Waals surface area contributed by atoms with Gasteiger partial charge in [-0.1, -0.05) is 6.92 Å². The minimum atomic E-state index is 0.465. The fourth-order valence-corrected chi connectivity index (χ4v) is 1.69. The van der Waals surface area contributed by atoms with Gasteiger partial charge in [0.05, 0.1) is 20.3 Å². The second-order valence-corrected chi connectivity index (χ2v) is 4.24. The van der Waals surface area contributed by atoms with Crippen LogP contribution in [0.1, 0.15) is 13.8 Å². The number of anilines is 1. The van der Waals surface area contributed by atoms with Crippen molar-refractivity contribution in [3.05, 3.63) is 18.2 Å². The van der Waals surface area contributed by atoms with Crippen LogP contribution in [-0.4, -0.2) is 34.0 Å². The third-order valence-electron chi connectivity index (χ3n) is 2.57. The fourth-order valence-electron chi connectivity index (χ4n) is 1.69. The summed E-state index contributed by atoms with van der Waals surface area (Å²) < 4.78 is 15.9. The van der Waals surface area contributed by atoms with Gasteiger partial charge in [-0.25, -0.2) is 0 Å². The summed E-state index contributed by atoms with van der Waals surface area (Å²) in [6.45, 7) is 6.35. The van der Waals surface area contributed by atoms with Crippen LogP contribution in [0, 0.1) is 5.92 Å². The lowest BCUT2D eigenvalue weighted by Crippen LogP contribution is -2.15. The van der Waals surface area contributed by atoms with E-state index >= 15 is 0 Å². The fraction of sp³-hybridized carbons (Fsp3) is 0.571. The second kappa shape index (κ2) is 7.82. The molecule has 0 aliphatic heterocycles. The molecule has 0 bridgehead atoms. The molecule has 1 N–H and O–H groups in total. The van der Waals surface area contributed by atoms with E-state index in [1.54, 1.807) is 14.2 Å². The largest absolute Gasteiger partial charge is 0.493 e. The van der Waals surface area contributed by atoms with Crippen LogP contribution < -0.4 is 14.8 Å². The highest BCUT2D eigenvalue weighted by molar-refractivity contribution is 5.54. The summed E-state index contributed by atoms with van der Waals surface area (Å²) in [6.07, 6.45) is 0. The Kier molecular flexibility index (Phi) is 6.36. The van der Waals surface area contributed by atoms with Gasteiger partial charge in [-0.15, -0.1) is 0 Å². The quantitative estimate of drug-likeness (QED) is 0.773. The van der Waals surface area contributed by atoms with E-state index in [4.69, 9.17) is 14.2 Å². The van der Waals surface area contributed by atoms with E-state index in [0.717, 1.165) is 30.3 Å². The highest BCUT2D eigenvalue weighted by Crippen LogP contribution is 2.30. The van der Waals surface area contributed by atoms with Crippen molar-refractivity contribution >= 4 is 5.69 Å². The smallest absolute Gasteiger partial charge is 0.162 e. The first-order valence-corrected chi connectivity index (χ1v) is 6.24. The van der Waals surface area contributed by atoms with Crippen LogP contribution in [0.2, 0.25) is 0 Å². The summed E-state index contributed by atoms with van der Waals surface area (Å²) in [5.41, 5.74) is 1.03. The Bertz CT molecular complexity index is 355. The monoisotopic (exact) mass is 253 g/mol. The van der Waals surface area contributed by atoms with Crippen LogP contribution in [0.4, 0.5) is 5.69 Å². The third kappa shape index (κ3) is 4.45. The zero-order valence-corrected chi connectivity index (χ0v) is 11.7. The molecule has 0 saturated carbocycles. The van der Waals surface area contributed by atoms with Gasteiger partial charge in [0.1, 0.15) is 0 Å². The van der Waals surface area contributed by atoms with Gasteiger partial charge >= 0.3 is 0 Å². The van der Waals surface area contributed by atoms with Crippen molar-refractivity contribution in [2.45, 2.75) is 13.8 Å². The zero-order chi connectivity index (χ0) is 13.4. The molecule has 1 rings (SSSR count). The first kappa shape index (κ1) is 14.6. The first-order chi connectivity index (χ1) is 8.71. The van der Waals surface area contributed by atoms with E-state index in [1.165, 1.54) is 0 Å². The molecule has 18 heavy (non-hydrogen) atoms. The lowest BCUT2D eigenvalue weighted by atomic mass is 10.2. The van der Waals surface area contributed by atoms with Crippen molar-refractivity contribution in [3.8, 4) is 11.5 Å².